The molecule has 3 heteroatoms. The van der Waals surface area contributed by atoms with Gasteiger partial charge in [-0.15, -0.1) is 0 Å². The number of methoxy groups -OCH3 is 1. The van der Waals surface area contributed by atoms with E-state index < -0.39 is 0 Å². The van der Waals surface area contributed by atoms with E-state index >= 15 is 0 Å². The van der Waals surface area contributed by atoms with Gasteiger partial charge in [-0.2, -0.15) is 0 Å². The van der Waals surface area contributed by atoms with Crippen LogP contribution in [0.15, 0.2) is 46.9 Å². The van der Waals surface area contributed by atoms with Gasteiger partial charge in [-0.3, -0.25) is 0 Å². The second-order valence-corrected chi connectivity index (χ2v) is 5.27. The Hall–Kier alpha value is -1.32. The van der Waals surface area contributed by atoms with E-state index in [1.165, 1.54) is 11.1 Å². The lowest BCUT2D eigenvalue weighted by atomic mass is 9.94. The van der Waals surface area contributed by atoms with Crippen LogP contribution in [0.3, 0.4) is 0 Å². The van der Waals surface area contributed by atoms with Gasteiger partial charge in [0.1, 0.15) is 5.75 Å². The molecule has 1 unspecified atom stereocenters. The van der Waals surface area contributed by atoms with Gasteiger partial charge < -0.3 is 10.5 Å². The number of rotatable bonds is 4. The van der Waals surface area contributed by atoms with Crippen molar-refractivity contribution in [1.29, 1.82) is 0 Å². The Morgan fingerprint density at radius 2 is 1.89 bits per heavy atom. The molecule has 2 aromatic carbocycles. The predicted octanol–water partition coefficient (Wildman–Crippen LogP) is 4.07. The molecule has 0 spiro atoms. The van der Waals surface area contributed by atoms with Gasteiger partial charge in [-0.05, 0) is 35.2 Å². The smallest absolute Gasteiger partial charge is 0.120 e. The maximum Gasteiger partial charge on any atom is 0.120 e. The van der Waals surface area contributed by atoms with Crippen LogP contribution in [-0.2, 0) is 6.42 Å². The molecule has 0 aromatic heterocycles. The molecule has 0 heterocycles. The van der Waals surface area contributed by atoms with Crippen molar-refractivity contribution in [3.05, 3.63) is 63.6 Å². The van der Waals surface area contributed by atoms with Crippen molar-refractivity contribution >= 4 is 15.9 Å². The molecule has 0 fully saturated rings. The highest BCUT2D eigenvalue weighted by Crippen LogP contribution is 2.31. The van der Waals surface area contributed by atoms with Crippen molar-refractivity contribution in [2.24, 2.45) is 5.73 Å². The van der Waals surface area contributed by atoms with Crippen molar-refractivity contribution in [2.45, 2.75) is 19.4 Å². The average molecular weight is 320 g/mol. The van der Waals surface area contributed by atoms with Gasteiger partial charge in [-0.1, -0.05) is 53.2 Å². The fourth-order valence-electron chi connectivity index (χ4n) is 2.21. The molecule has 19 heavy (non-hydrogen) atoms. The van der Waals surface area contributed by atoms with Crippen LogP contribution in [0.2, 0.25) is 0 Å². The first-order valence-electron chi connectivity index (χ1n) is 6.34. The Bertz CT molecular complexity index is 568. The summed E-state index contributed by atoms with van der Waals surface area (Å²) in [6.07, 6.45) is 0.984. The van der Waals surface area contributed by atoms with Crippen molar-refractivity contribution < 1.29 is 4.74 Å². The summed E-state index contributed by atoms with van der Waals surface area (Å²) in [6, 6.07) is 14.1. The molecular formula is C16H18BrNO. The van der Waals surface area contributed by atoms with E-state index in [2.05, 4.69) is 41.1 Å². The number of halogens is 1. The van der Waals surface area contributed by atoms with Gasteiger partial charge in [0.15, 0.2) is 0 Å². The summed E-state index contributed by atoms with van der Waals surface area (Å²) in [7, 11) is 1.66. The molecule has 1 atom stereocenters. The maximum atomic E-state index is 6.41. The van der Waals surface area contributed by atoms with Crippen molar-refractivity contribution in [2.75, 3.05) is 7.11 Å². The van der Waals surface area contributed by atoms with Gasteiger partial charge >= 0.3 is 0 Å². The predicted molar refractivity (Wildman–Crippen MR) is 82.5 cm³/mol. The van der Waals surface area contributed by atoms with Crippen LogP contribution in [0.1, 0.15) is 29.7 Å². The van der Waals surface area contributed by atoms with E-state index in [0.29, 0.717) is 0 Å². The molecule has 0 aliphatic rings. The number of benzene rings is 2. The van der Waals surface area contributed by atoms with Gasteiger partial charge in [0.2, 0.25) is 0 Å². The zero-order valence-corrected chi connectivity index (χ0v) is 12.8. The first-order chi connectivity index (χ1) is 9.17. The van der Waals surface area contributed by atoms with Crippen molar-refractivity contribution in [3.8, 4) is 5.75 Å². The molecule has 0 aliphatic carbocycles. The first-order valence-corrected chi connectivity index (χ1v) is 7.13. The SMILES string of the molecule is CCc1ccccc1C(N)c1ccc(OC)cc1Br. The highest BCUT2D eigenvalue weighted by atomic mass is 79.9. The lowest BCUT2D eigenvalue weighted by Crippen LogP contribution is -2.14. The van der Waals surface area contributed by atoms with Gasteiger partial charge in [0, 0.05) is 4.47 Å². The Morgan fingerprint density at radius 1 is 1.16 bits per heavy atom. The van der Waals surface area contributed by atoms with E-state index in [0.717, 1.165) is 22.2 Å². The summed E-state index contributed by atoms with van der Waals surface area (Å²) >= 11 is 3.57. The lowest BCUT2D eigenvalue weighted by molar-refractivity contribution is 0.414. The molecule has 2 rings (SSSR count). The molecule has 0 aliphatic heterocycles. The molecule has 100 valence electrons. The van der Waals surface area contributed by atoms with E-state index in [9.17, 15) is 0 Å². The molecule has 0 amide bonds. The highest BCUT2D eigenvalue weighted by molar-refractivity contribution is 9.10. The number of hydrogen-bond donors (Lipinski definition) is 1. The zero-order valence-electron chi connectivity index (χ0n) is 11.2. The first kappa shape index (κ1) is 14.1. The minimum atomic E-state index is -0.128. The molecular weight excluding hydrogens is 302 g/mol. The van der Waals surface area contributed by atoms with E-state index in [1.54, 1.807) is 7.11 Å². The normalized spacial score (nSPS) is 12.2. The maximum absolute atomic E-state index is 6.41. The van der Waals surface area contributed by atoms with Crippen LogP contribution < -0.4 is 10.5 Å². The summed E-state index contributed by atoms with van der Waals surface area (Å²) in [5, 5.41) is 0. The van der Waals surface area contributed by atoms with Crippen molar-refractivity contribution in [1.82, 2.24) is 0 Å². The van der Waals surface area contributed by atoms with Crippen LogP contribution in [0, 0.1) is 0 Å². The Labute approximate surface area is 122 Å². The summed E-state index contributed by atoms with van der Waals surface area (Å²) in [6.45, 7) is 2.15. The van der Waals surface area contributed by atoms with Crippen LogP contribution in [0.5, 0.6) is 5.75 Å². The second kappa shape index (κ2) is 6.22. The Morgan fingerprint density at radius 3 is 2.53 bits per heavy atom. The van der Waals surface area contributed by atoms with Crippen LogP contribution in [0.4, 0.5) is 0 Å². The monoisotopic (exact) mass is 319 g/mol. The third-order valence-electron chi connectivity index (χ3n) is 3.31. The van der Waals surface area contributed by atoms with E-state index in [4.69, 9.17) is 10.5 Å². The second-order valence-electron chi connectivity index (χ2n) is 4.42. The summed E-state index contributed by atoms with van der Waals surface area (Å²) in [5.74, 6) is 0.826. The number of nitrogens with two attached hydrogens (primary N) is 1. The lowest BCUT2D eigenvalue weighted by Gasteiger charge is -2.18. The molecule has 0 saturated heterocycles. The van der Waals surface area contributed by atoms with Gasteiger partial charge in [0.05, 0.1) is 13.2 Å². The van der Waals surface area contributed by atoms with E-state index in [-0.39, 0.29) is 6.04 Å². The molecule has 0 radical (unpaired) electrons. The number of hydrogen-bond acceptors (Lipinski definition) is 2. The quantitative estimate of drug-likeness (QED) is 0.922. The number of ether oxygens (including phenoxy) is 1. The largest absolute Gasteiger partial charge is 0.497 e. The molecule has 0 bridgehead atoms. The third-order valence-corrected chi connectivity index (χ3v) is 4.00. The van der Waals surface area contributed by atoms with E-state index in [1.807, 2.05) is 24.3 Å². The summed E-state index contributed by atoms with van der Waals surface area (Å²) in [4.78, 5) is 0. The fourth-order valence-corrected chi connectivity index (χ4v) is 2.82. The standard InChI is InChI=1S/C16H18BrNO/c1-3-11-6-4-5-7-13(11)16(18)14-9-8-12(19-2)10-15(14)17/h4-10,16H,3,18H2,1-2H3. The zero-order chi connectivity index (χ0) is 13.8. The number of aryl methyl sites for hydroxylation is 1. The van der Waals surface area contributed by atoms with Gasteiger partial charge in [0.25, 0.3) is 0 Å². The fraction of sp³-hybridized carbons (Fsp3) is 0.250. The molecule has 2 N–H and O–H groups in total. The molecule has 0 saturated carbocycles. The third kappa shape index (κ3) is 2.99. The minimum Gasteiger partial charge on any atom is -0.497 e. The van der Waals surface area contributed by atoms with Crippen LogP contribution in [0.25, 0.3) is 0 Å². The Kier molecular flexibility index (Phi) is 4.61. The highest BCUT2D eigenvalue weighted by Gasteiger charge is 2.15. The van der Waals surface area contributed by atoms with Crippen LogP contribution >= 0.6 is 15.9 Å². The molecule has 2 nitrogen and oxygen atoms in total. The molecule has 2 aromatic rings. The average Bonchev–Trinajstić information content (AvgIpc) is 2.46. The summed E-state index contributed by atoms with van der Waals surface area (Å²) in [5.41, 5.74) is 9.95. The summed E-state index contributed by atoms with van der Waals surface area (Å²) < 4.78 is 6.19. The Balaban J connectivity index is 2.41. The van der Waals surface area contributed by atoms with Crippen LogP contribution in [-0.4, -0.2) is 7.11 Å². The van der Waals surface area contributed by atoms with Gasteiger partial charge in [-0.25, -0.2) is 0 Å². The minimum absolute atomic E-state index is 0.128. The topological polar surface area (TPSA) is 35.2 Å². The van der Waals surface area contributed by atoms with Crippen molar-refractivity contribution in [3.63, 3.8) is 0 Å².